The summed E-state index contributed by atoms with van der Waals surface area (Å²) in [7, 11) is 1.43. The summed E-state index contributed by atoms with van der Waals surface area (Å²) < 4.78 is 18.5. The molecule has 2 aromatic carbocycles. The molecular formula is C16H15FN2O. The first kappa shape index (κ1) is 13.9. The van der Waals surface area contributed by atoms with Crippen LogP contribution in [0.5, 0.6) is 5.75 Å². The third-order valence-electron chi connectivity index (χ3n) is 3.05. The summed E-state index contributed by atoms with van der Waals surface area (Å²) in [5, 5.41) is 12.1. The van der Waals surface area contributed by atoms with Crippen LogP contribution in [0.1, 0.15) is 24.1 Å². The van der Waals surface area contributed by atoms with Crippen LogP contribution >= 0.6 is 0 Å². The molecular weight excluding hydrogens is 255 g/mol. The fourth-order valence-electron chi connectivity index (χ4n) is 1.97. The summed E-state index contributed by atoms with van der Waals surface area (Å²) in [6.07, 6.45) is 0. The maximum absolute atomic E-state index is 13.6. The molecule has 0 heterocycles. The molecule has 0 aliphatic rings. The zero-order valence-electron chi connectivity index (χ0n) is 11.4. The molecule has 20 heavy (non-hydrogen) atoms. The van der Waals surface area contributed by atoms with E-state index in [1.807, 2.05) is 25.1 Å². The summed E-state index contributed by atoms with van der Waals surface area (Å²) in [6, 6.07) is 14.1. The predicted octanol–water partition coefficient (Wildman–Crippen LogP) is 3.88. The zero-order chi connectivity index (χ0) is 14.5. The molecule has 0 radical (unpaired) electrons. The highest BCUT2D eigenvalue weighted by Gasteiger charge is 2.08. The van der Waals surface area contributed by atoms with Crippen molar-refractivity contribution in [2.75, 3.05) is 12.4 Å². The van der Waals surface area contributed by atoms with Crippen molar-refractivity contribution in [2.45, 2.75) is 13.0 Å². The van der Waals surface area contributed by atoms with Gasteiger partial charge in [-0.25, -0.2) is 4.39 Å². The van der Waals surface area contributed by atoms with Gasteiger partial charge in [-0.3, -0.25) is 0 Å². The highest BCUT2D eigenvalue weighted by atomic mass is 19.1. The van der Waals surface area contributed by atoms with Crippen molar-refractivity contribution >= 4 is 5.69 Å². The summed E-state index contributed by atoms with van der Waals surface area (Å²) in [5.41, 5.74) is 2.25. The number of nitrogens with zero attached hydrogens (tertiary/aromatic N) is 1. The van der Waals surface area contributed by atoms with E-state index in [9.17, 15) is 4.39 Å². The average molecular weight is 270 g/mol. The Morgan fingerprint density at radius 2 is 2.05 bits per heavy atom. The fraction of sp³-hybridized carbons (Fsp3) is 0.188. The lowest BCUT2D eigenvalue weighted by Crippen LogP contribution is -2.07. The van der Waals surface area contributed by atoms with E-state index in [4.69, 9.17) is 10.00 Å². The van der Waals surface area contributed by atoms with Crippen molar-refractivity contribution in [3.05, 3.63) is 59.4 Å². The lowest BCUT2D eigenvalue weighted by molar-refractivity contribution is 0.386. The van der Waals surface area contributed by atoms with Crippen LogP contribution in [0.25, 0.3) is 0 Å². The number of rotatable bonds is 4. The van der Waals surface area contributed by atoms with Gasteiger partial charge in [0.25, 0.3) is 0 Å². The minimum Gasteiger partial charge on any atom is -0.494 e. The lowest BCUT2D eigenvalue weighted by atomic mass is 10.1. The summed E-state index contributed by atoms with van der Waals surface area (Å²) >= 11 is 0. The number of benzene rings is 2. The molecule has 0 fully saturated rings. The molecule has 0 aromatic heterocycles. The highest BCUT2D eigenvalue weighted by molar-refractivity contribution is 5.49. The van der Waals surface area contributed by atoms with Gasteiger partial charge in [0.2, 0.25) is 0 Å². The molecule has 1 N–H and O–H groups in total. The first-order chi connectivity index (χ1) is 9.63. The fourth-order valence-corrected chi connectivity index (χ4v) is 1.97. The van der Waals surface area contributed by atoms with Crippen LogP contribution in [0.4, 0.5) is 10.1 Å². The first-order valence-electron chi connectivity index (χ1n) is 6.24. The van der Waals surface area contributed by atoms with Gasteiger partial charge in [0.1, 0.15) is 0 Å². The molecule has 1 atom stereocenters. The van der Waals surface area contributed by atoms with Crippen molar-refractivity contribution in [1.82, 2.24) is 0 Å². The Morgan fingerprint density at radius 3 is 2.70 bits per heavy atom. The SMILES string of the molecule is COc1ccc(NC(C)c2cccc(C#N)c2)cc1F. The van der Waals surface area contributed by atoms with E-state index in [1.54, 1.807) is 18.2 Å². The normalized spacial score (nSPS) is 11.5. The van der Waals surface area contributed by atoms with E-state index in [1.165, 1.54) is 13.2 Å². The molecule has 0 amide bonds. The predicted molar refractivity (Wildman–Crippen MR) is 76.1 cm³/mol. The molecule has 2 rings (SSSR count). The number of nitriles is 1. The number of anilines is 1. The maximum Gasteiger partial charge on any atom is 0.167 e. The molecule has 0 bridgehead atoms. The van der Waals surface area contributed by atoms with E-state index in [-0.39, 0.29) is 11.8 Å². The van der Waals surface area contributed by atoms with Gasteiger partial charge in [-0.15, -0.1) is 0 Å². The number of hydrogen-bond acceptors (Lipinski definition) is 3. The highest BCUT2D eigenvalue weighted by Crippen LogP contribution is 2.24. The molecule has 0 saturated heterocycles. The maximum atomic E-state index is 13.6. The molecule has 0 saturated carbocycles. The van der Waals surface area contributed by atoms with Crippen LogP contribution < -0.4 is 10.1 Å². The number of ether oxygens (including phenoxy) is 1. The number of hydrogen-bond donors (Lipinski definition) is 1. The number of nitrogens with one attached hydrogen (secondary N) is 1. The number of methoxy groups -OCH3 is 1. The van der Waals surface area contributed by atoms with Gasteiger partial charge in [0.05, 0.1) is 18.7 Å². The van der Waals surface area contributed by atoms with E-state index >= 15 is 0 Å². The topological polar surface area (TPSA) is 45.0 Å². The zero-order valence-corrected chi connectivity index (χ0v) is 11.4. The van der Waals surface area contributed by atoms with Crippen molar-refractivity contribution in [3.63, 3.8) is 0 Å². The Labute approximate surface area is 117 Å². The number of halogens is 1. The van der Waals surface area contributed by atoms with Crippen molar-refractivity contribution in [3.8, 4) is 11.8 Å². The van der Waals surface area contributed by atoms with E-state index in [0.29, 0.717) is 11.3 Å². The van der Waals surface area contributed by atoms with Crippen molar-refractivity contribution in [1.29, 1.82) is 5.26 Å². The van der Waals surface area contributed by atoms with Crippen LogP contribution in [0, 0.1) is 17.1 Å². The second-order valence-electron chi connectivity index (χ2n) is 4.45. The van der Waals surface area contributed by atoms with Gasteiger partial charge >= 0.3 is 0 Å². The van der Waals surface area contributed by atoms with Gasteiger partial charge in [-0.1, -0.05) is 12.1 Å². The van der Waals surface area contributed by atoms with E-state index in [2.05, 4.69) is 11.4 Å². The third kappa shape index (κ3) is 3.07. The first-order valence-corrected chi connectivity index (χ1v) is 6.24. The lowest BCUT2D eigenvalue weighted by Gasteiger charge is -2.16. The third-order valence-corrected chi connectivity index (χ3v) is 3.05. The van der Waals surface area contributed by atoms with Gasteiger partial charge in [0.15, 0.2) is 11.6 Å². The molecule has 0 spiro atoms. The van der Waals surface area contributed by atoms with Crippen molar-refractivity contribution in [2.24, 2.45) is 0 Å². The summed E-state index contributed by atoms with van der Waals surface area (Å²) in [5.74, 6) is -0.190. The Morgan fingerprint density at radius 1 is 1.25 bits per heavy atom. The molecule has 4 heteroatoms. The molecule has 0 aliphatic heterocycles. The summed E-state index contributed by atoms with van der Waals surface area (Å²) in [4.78, 5) is 0. The Kier molecular flexibility index (Phi) is 4.21. The quantitative estimate of drug-likeness (QED) is 0.917. The minimum absolute atomic E-state index is 0.0314. The smallest absolute Gasteiger partial charge is 0.167 e. The molecule has 3 nitrogen and oxygen atoms in total. The second-order valence-corrected chi connectivity index (χ2v) is 4.45. The van der Waals surface area contributed by atoms with E-state index < -0.39 is 5.82 Å². The van der Waals surface area contributed by atoms with Crippen LogP contribution in [0.2, 0.25) is 0 Å². The van der Waals surface area contributed by atoms with Gasteiger partial charge in [-0.2, -0.15) is 5.26 Å². The van der Waals surface area contributed by atoms with Crippen molar-refractivity contribution < 1.29 is 9.13 Å². The van der Waals surface area contributed by atoms with Crippen LogP contribution in [-0.4, -0.2) is 7.11 Å². The Balaban J connectivity index is 2.17. The minimum atomic E-state index is -0.407. The van der Waals surface area contributed by atoms with Gasteiger partial charge in [-0.05, 0) is 36.8 Å². The van der Waals surface area contributed by atoms with Gasteiger partial charge < -0.3 is 10.1 Å². The average Bonchev–Trinajstić information content (AvgIpc) is 2.47. The monoisotopic (exact) mass is 270 g/mol. The molecule has 0 aliphatic carbocycles. The van der Waals surface area contributed by atoms with Crippen LogP contribution in [0.15, 0.2) is 42.5 Å². The standard InChI is InChI=1S/C16H15FN2O/c1-11(13-5-3-4-12(8-13)10-18)19-14-6-7-16(20-2)15(17)9-14/h3-9,11,19H,1-2H3. The molecule has 1 unspecified atom stereocenters. The van der Waals surface area contributed by atoms with Gasteiger partial charge in [0, 0.05) is 17.8 Å². The largest absolute Gasteiger partial charge is 0.494 e. The summed E-state index contributed by atoms with van der Waals surface area (Å²) in [6.45, 7) is 1.96. The van der Waals surface area contributed by atoms with E-state index in [0.717, 1.165) is 5.56 Å². The second kappa shape index (κ2) is 6.07. The Bertz CT molecular complexity index is 649. The van der Waals surface area contributed by atoms with Crippen LogP contribution in [0.3, 0.4) is 0 Å². The molecule has 2 aromatic rings. The Hall–Kier alpha value is -2.54. The van der Waals surface area contributed by atoms with Crippen LogP contribution in [-0.2, 0) is 0 Å². The molecule has 102 valence electrons.